The second kappa shape index (κ2) is 14.0. The van der Waals surface area contributed by atoms with Gasteiger partial charge in [-0.1, -0.05) is 63.5 Å². The van der Waals surface area contributed by atoms with Crippen LogP contribution in [0.1, 0.15) is 94.3 Å². The molecule has 5 N–H and O–H groups in total. The number of aromatic carboxylic acids is 1. The third kappa shape index (κ3) is 9.58. The molecule has 0 amide bonds. The van der Waals surface area contributed by atoms with Gasteiger partial charge in [-0.05, 0) is 37.9 Å². The van der Waals surface area contributed by atoms with Crippen molar-refractivity contribution in [3.05, 3.63) is 28.9 Å². The average molecular weight is 517 g/mol. The molecule has 1 fully saturated rings. The summed E-state index contributed by atoms with van der Waals surface area (Å²) in [4.78, 5) is 13.5. The Kier molecular flexibility index (Phi) is 11.7. The van der Waals surface area contributed by atoms with Crippen molar-refractivity contribution in [2.45, 2.75) is 95.5 Å². The van der Waals surface area contributed by atoms with E-state index in [0.717, 1.165) is 19.0 Å². The standard InChI is InChI=1S/C17H33F2NO.C9H6ClNO3/c1-2-3-4-5-6-7-8-9-14-20-15-16(21)10-12-17(18,19)13-11-16;10-7-4-1-2-11-8(4)6(12)3-5(7)9(13)14/h20-21H,2-15H2,1H3;1-3,11-12H,(H,13,14). The smallest absolute Gasteiger partial charge is 0.337 e. The molecule has 0 bridgehead atoms. The summed E-state index contributed by atoms with van der Waals surface area (Å²) in [6.45, 7) is 3.57. The van der Waals surface area contributed by atoms with Crippen molar-refractivity contribution in [2.75, 3.05) is 13.1 Å². The van der Waals surface area contributed by atoms with Gasteiger partial charge in [-0.15, -0.1) is 0 Å². The van der Waals surface area contributed by atoms with E-state index in [2.05, 4.69) is 17.2 Å². The summed E-state index contributed by atoms with van der Waals surface area (Å²) < 4.78 is 26.1. The molecule has 1 aliphatic carbocycles. The van der Waals surface area contributed by atoms with Crippen LogP contribution in [-0.2, 0) is 0 Å². The first kappa shape index (κ1) is 29.3. The Balaban J connectivity index is 0.000000266. The van der Waals surface area contributed by atoms with E-state index in [1.165, 1.54) is 44.9 Å². The van der Waals surface area contributed by atoms with Gasteiger partial charge in [0.1, 0.15) is 5.75 Å². The number of carboxylic acids is 1. The highest BCUT2D eigenvalue weighted by Crippen LogP contribution is 2.38. The molecule has 0 unspecified atom stereocenters. The zero-order valence-electron chi connectivity index (χ0n) is 20.5. The summed E-state index contributed by atoms with van der Waals surface area (Å²) in [5.41, 5.74) is -0.571. The number of aliphatic hydroxyl groups is 1. The predicted octanol–water partition coefficient (Wildman–Crippen LogP) is 6.88. The minimum absolute atomic E-state index is 0.101. The number of aromatic amines is 1. The first-order chi connectivity index (χ1) is 16.6. The Morgan fingerprint density at radius 3 is 2.29 bits per heavy atom. The Hall–Kier alpha value is -1.90. The number of fused-ring (bicyclic) bond motifs is 1. The fourth-order valence-corrected chi connectivity index (χ4v) is 4.59. The van der Waals surface area contributed by atoms with Crippen LogP contribution in [0.15, 0.2) is 18.3 Å². The third-order valence-electron chi connectivity index (χ3n) is 6.56. The zero-order valence-corrected chi connectivity index (χ0v) is 21.3. The van der Waals surface area contributed by atoms with E-state index in [1.54, 1.807) is 12.3 Å². The Labute approximate surface area is 211 Å². The Morgan fingerprint density at radius 2 is 1.69 bits per heavy atom. The van der Waals surface area contributed by atoms with Gasteiger partial charge >= 0.3 is 5.97 Å². The lowest BCUT2D eigenvalue weighted by Crippen LogP contribution is -2.46. The Morgan fingerprint density at radius 1 is 1.09 bits per heavy atom. The molecule has 0 aliphatic heterocycles. The van der Waals surface area contributed by atoms with Gasteiger partial charge in [0, 0.05) is 31.0 Å². The summed E-state index contributed by atoms with van der Waals surface area (Å²) in [7, 11) is 0. The number of hydrogen-bond acceptors (Lipinski definition) is 4. The minimum atomic E-state index is -2.57. The van der Waals surface area contributed by atoms with Gasteiger partial charge in [0.25, 0.3) is 0 Å². The molecule has 1 saturated carbocycles. The molecule has 35 heavy (non-hydrogen) atoms. The number of hydrogen-bond donors (Lipinski definition) is 5. The van der Waals surface area contributed by atoms with Crippen LogP contribution >= 0.6 is 11.6 Å². The van der Waals surface area contributed by atoms with Crippen LogP contribution < -0.4 is 5.32 Å². The molecule has 9 heteroatoms. The first-order valence-corrected chi connectivity index (χ1v) is 13.0. The molecule has 198 valence electrons. The summed E-state index contributed by atoms with van der Waals surface area (Å²) in [5.74, 6) is -3.84. The number of phenolic OH excluding ortho intramolecular Hbond substituents is 1. The van der Waals surface area contributed by atoms with Crippen LogP contribution in [0.4, 0.5) is 8.78 Å². The van der Waals surface area contributed by atoms with Crippen LogP contribution in [0.3, 0.4) is 0 Å². The summed E-state index contributed by atoms with van der Waals surface area (Å²) >= 11 is 5.84. The fourth-order valence-electron chi connectivity index (χ4n) is 4.30. The lowest BCUT2D eigenvalue weighted by Gasteiger charge is -2.36. The number of alkyl halides is 2. The molecule has 0 spiro atoms. The number of aromatic nitrogens is 1. The number of aromatic hydroxyl groups is 1. The molecule has 1 aromatic carbocycles. The molecular weight excluding hydrogens is 478 g/mol. The number of unbranched alkanes of at least 4 members (excludes halogenated alkanes) is 7. The first-order valence-electron chi connectivity index (χ1n) is 12.6. The monoisotopic (exact) mass is 516 g/mol. The molecule has 0 radical (unpaired) electrons. The average Bonchev–Trinajstić information content (AvgIpc) is 3.31. The van der Waals surface area contributed by atoms with E-state index >= 15 is 0 Å². The predicted molar refractivity (Wildman–Crippen MR) is 136 cm³/mol. The molecule has 3 rings (SSSR count). The number of rotatable bonds is 12. The molecule has 1 heterocycles. The number of nitrogens with one attached hydrogen (secondary N) is 2. The normalized spacial score (nSPS) is 16.6. The molecular formula is C26H39ClF2N2O4. The molecule has 0 saturated heterocycles. The summed E-state index contributed by atoms with van der Waals surface area (Å²) in [5, 5.41) is 32.3. The van der Waals surface area contributed by atoms with Crippen molar-refractivity contribution < 1.29 is 28.9 Å². The number of benzene rings is 1. The fraction of sp³-hybridized carbons (Fsp3) is 0.654. The van der Waals surface area contributed by atoms with Crippen molar-refractivity contribution >= 4 is 28.5 Å². The van der Waals surface area contributed by atoms with E-state index in [4.69, 9.17) is 16.7 Å². The van der Waals surface area contributed by atoms with Gasteiger partial charge in [-0.25, -0.2) is 13.6 Å². The lowest BCUT2D eigenvalue weighted by molar-refractivity contribution is -0.102. The molecule has 0 atom stereocenters. The Bertz CT molecular complexity index is 925. The van der Waals surface area contributed by atoms with E-state index in [0.29, 0.717) is 17.4 Å². The highest BCUT2D eigenvalue weighted by Gasteiger charge is 2.41. The lowest BCUT2D eigenvalue weighted by atomic mass is 9.83. The highest BCUT2D eigenvalue weighted by atomic mass is 35.5. The third-order valence-corrected chi connectivity index (χ3v) is 6.97. The van der Waals surface area contributed by atoms with Crippen molar-refractivity contribution in [1.82, 2.24) is 10.3 Å². The van der Waals surface area contributed by atoms with E-state index < -0.39 is 17.5 Å². The van der Waals surface area contributed by atoms with Crippen molar-refractivity contribution in [2.24, 2.45) is 0 Å². The van der Waals surface area contributed by atoms with Gasteiger partial charge in [0.05, 0.1) is 21.7 Å². The minimum Gasteiger partial charge on any atom is -0.506 e. The van der Waals surface area contributed by atoms with Gasteiger partial charge in [-0.3, -0.25) is 0 Å². The number of H-pyrrole nitrogens is 1. The second-order valence-electron chi connectivity index (χ2n) is 9.56. The highest BCUT2D eigenvalue weighted by molar-refractivity contribution is 6.38. The van der Waals surface area contributed by atoms with Gasteiger partial charge < -0.3 is 25.6 Å². The summed E-state index contributed by atoms with van der Waals surface area (Å²) in [6, 6.07) is 2.74. The van der Waals surface area contributed by atoms with Crippen molar-refractivity contribution in [1.29, 1.82) is 0 Å². The number of carbonyl (C=O) groups is 1. The van der Waals surface area contributed by atoms with Gasteiger partial charge in [0.15, 0.2) is 0 Å². The summed E-state index contributed by atoms with van der Waals surface area (Å²) in [6.07, 6.45) is 11.9. The van der Waals surface area contributed by atoms with Gasteiger partial charge in [0.2, 0.25) is 5.92 Å². The topological polar surface area (TPSA) is 106 Å². The second-order valence-corrected chi connectivity index (χ2v) is 9.94. The number of phenols is 1. The maximum atomic E-state index is 13.1. The maximum Gasteiger partial charge on any atom is 0.337 e. The SMILES string of the molecule is CCCCCCCCCCNCC1(O)CCC(F)(F)CC1.O=C(O)c1cc(O)c2[nH]ccc2c1Cl. The largest absolute Gasteiger partial charge is 0.506 e. The van der Waals surface area contributed by atoms with Crippen LogP contribution in [0.5, 0.6) is 5.75 Å². The van der Waals surface area contributed by atoms with E-state index in [-0.39, 0.29) is 42.0 Å². The van der Waals surface area contributed by atoms with Crippen LogP contribution in [-0.4, -0.2) is 50.9 Å². The quantitative estimate of drug-likeness (QED) is 0.198. The van der Waals surface area contributed by atoms with Gasteiger partial charge in [-0.2, -0.15) is 0 Å². The van der Waals surface area contributed by atoms with Crippen molar-refractivity contribution in [3.8, 4) is 5.75 Å². The zero-order chi connectivity index (χ0) is 25.9. The molecule has 6 nitrogen and oxygen atoms in total. The van der Waals surface area contributed by atoms with E-state index in [1.807, 2.05) is 0 Å². The van der Waals surface area contributed by atoms with Crippen LogP contribution in [0.25, 0.3) is 10.9 Å². The van der Waals surface area contributed by atoms with Crippen LogP contribution in [0.2, 0.25) is 5.02 Å². The van der Waals surface area contributed by atoms with Crippen molar-refractivity contribution in [3.63, 3.8) is 0 Å². The maximum absolute atomic E-state index is 13.1. The number of halogens is 3. The molecule has 1 aromatic heterocycles. The molecule has 2 aromatic rings. The number of carboxylic acid groups (broad SMARTS) is 1. The molecule has 1 aliphatic rings. The van der Waals surface area contributed by atoms with Crippen LogP contribution in [0, 0.1) is 0 Å². The van der Waals surface area contributed by atoms with E-state index in [9.17, 15) is 23.8 Å².